The first-order chi connectivity index (χ1) is 13.2. The first-order valence-corrected chi connectivity index (χ1v) is 8.44. The lowest BCUT2D eigenvalue weighted by Gasteiger charge is -2.05. The largest absolute Gasteiger partial charge is 0.350 e. The monoisotopic (exact) mass is 359 g/mol. The summed E-state index contributed by atoms with van der Waals surface area (Å²) < 4.78 is 6.93. The molecule has 1 N–H and O–H groups in total. The average Bonchev–Trinajstić information content (AvgIpc) is 3.36. The number of aryl methyl sites for hydroxylation is 1. The number of rotatable bonds is 5. The van der Waals surface area contributed by atoms with Crippen molar-refractivity contribution in [1.82, 2.24) is 19.9 Å². The minimum absolute atomic E-state index is 0.164. The fraction of sp³-hybridized carbons (Fsp3) is 0.100. The standard InChI is InChI=1S/C20H17N5O2/c1-14-2-6-16(7-3-14)18-10-19(27-24-18)20(26)23-17-8-4-15(5-9-17)11-25-13-21-12-22-25/h2-10,12-13H,11H2,1H3,(H,23,26). The topological polar surface area (TPSA) is 85.8 Å². The second-order valence-corrected chi connectivity index (χ2v) is 6.19. The van der Waals surface area contributed by atoms with Crippen LogP contribution >= 0.6 is 0 Å². The summed E-state index contributed by atoms with van der Waals surface area (Å²) in [6, 6.07) is 17.0. The van der Waals surface area contributed by atoms with E-state index >= 15 is 0 Å². The Hall–Kier alpha value is -3.74. The van der Waals surface area contributed by atoms with E-state index in [0.717, 1.165) is 16.7 Å². The van der Waals surface area contributed by atoms with Crippen LogP contribution < -0.4 is 5.32 Å². The van der Waals surface area contributed by atoms with Gasteiger partial charge in [0.15, 0.2) is 0 Å². The molecule has 0 aliphatic rings. The molecule has 7 nitrogen and oxygen atoms in total. The summed E-state index contributed by atoms with van der Waals surface area (Å²) in [7, 11) is 0. The third-order valence-corrected chi connectivity index (χ3v) is 4.10. The van der Waals surface area contributed by atoms with Crippen LogP contribution in [0.2, 0.25) is 0 Å². The number of carbonyl (C=O) groups excluding carboxylic acids is 1. The average molecular weight is 359 g/mol. The Morgan fingerprint density at radius 1 is 1.11 bits per heavy atom. The smallest absolute Gasteiger partial charge is 0.294 e. The Kier molecular flexibility index (Phi) is 4.49. The quantitative estimate of drug-likeness (QED) is 0.589. The van der Waals surface area contributed by atoms with Crippen molar-refractivity contribution < 1.29 is 9.32 Å². The highest BCUT2D eigenvalue weighted by atomic mass is 16.5. The zero-order valence-electron chi connectivity index (χ0n) is 14.7. The molecule has 0 saturated heterocycles. The zero-order valence-corrected chi connectivity index (χ0v) is 14.7. The Bertz CT molecular complexity index is 1030. The van der Waals surface area contributed by atoms with Gasteiger partial charge in [-0.1, -0.05) is 47.1 Å². The molecule has 0 saturated carbocycles. The Morgan fingerprint density at radius 3 is 2.59 bits per heavy atom. The van der Waals surface area contributed by atoms with E-state index in [-0.39, 0.29) is 11.7 Å². The van der Waals surface area contributed by atoms with Crippen molar-refractivity contribution in [2.75, 3.05) is 5.32 Å². The van der Waals surface area contributed by atoms with Crippen molar-refractivity contribution in [2.24, 2.45) is 0 Å². The molecule has 2 aromatic carbocycles. The molecule has 0 radical (unpaired) electrons. The number of carbonyl (C=O) groups is 1. The molecule has 0 unspecified atom stereocenters. The van der Waals surface area contributed by atoms with Crippen LogP contribution in [0.15, 0.2) is 71.8 Å². The van der Waals surface area contributed by atoms with Gasteiger partial charge in [-0.2, -0.15) is 5.10 Å². The third-order valence-electron chi connectivity index (χ3n) is 4.10. The van der Waals surface area contributed by atoms with E-state index in [1.54, 1.807) is 17.1 Å². The molecule has 2 aromatic heterocycles. The van der Waals surface area contributed by atoms with Crippen LogP contribution in [0.4, 0.5) is 5.69 Å². The number of benzene rings is 2. The highest BCUT2D eigenvalue weighted by Gasteiger charge is 2.14. The maximum absolute atomic E-state index is 12.4. The van der Waals surface area contributed by atoms with Gasteiger partial charge >= 0.3 is 0 Å². The van der Waals surface area contributed by atoms with Gasteiger partial charge in [-0.15, -0.1) is 0 Å². The first kappa shape index (κ1) is 16.7. The third kappa shape index (κ3) is 3.92. The van der Waals surface area contributed by atoms with E-state index in [0.29, 0.717) is 17.9 Å². The molecule has 134 valence electrons. The Balaban J connectivity index is 1.42. The van der Waals surface area contributed by atoms with Gasteiger partial charge in [-0.3, -0.25) is 4.79 Å². The molecule has 1 amide bonds. The van der Waals surface area contributed by atoms with Gasteiger partial charge in [0, 0.05) is 17.3 Å². The molecule has 0 bridgehead atoms. The van der Waals surface area contributed by atoms with Crippen LogP contribution in [0.3, 0.4) is 0 Å². The van der Waals surface area contributed by atoms with Crippen molar-refractivity contribution in [1.29, 1.82) is 0 Å². The van der Waals surface area contributed by atoms with Crippen molar-refractivity contribution in [3.05, 3.63) is 84.1 Å². The molecule has 7 heteroatoms. The lowest BCUT2D eigenvalue weighted by Crippen LogP contribution is -2.11. The normalized spacial score (nSPS) is 10.7. The van der Waals surface area contributed by atoms with E-state index in [4.69, 9.17) is 4.52 Å². The van der Waals surface area contributed by atoms with Crippen molar-refractivity contribution in [3.8, 4) is 11.3 Å². The van der Waals surface area contributed by atoms with Gasteiger partial charge in [-0.05, 0) is 24.6 Å². The highest BCUT2D eigenvalue weighted by molar-refractivity contribution is 6.02. The van der Waals surface area contributed by atoms with Gasteiger partial charge in [0.2, 0.25) is 5.76 Å². The number of anilines is 1. The van der Waals surface area contributed by atoms with E-state index in [1.165, 1.54) is 6.33 Å². The summed E-state index contributed by atoms with van der Waals surface area (Å²) in [6.45, 7) is 2.64. The molecular weight excluding hydrogens is 342 g/mol. The zero-order chi connectivity index (χ0) is 18.6. The van der Waals surface area contributed by atoms with Gasteiger partial charge in [0.05, 0.1) is 6.54 Å². The first-order valence-electron chi connectivity index (χ1n) is 8.44. The number of amides is 1. The van der Waals surface area contributed by atoms with Crippen molar-refractivity contribution in [3.63, 3.8) is 0 Å². The molecule has 2 heterocycles. The minimum atomic E-state index is -0.343. The number of aromatic nitrogens is 4. The van der Waals surface area contributed by atoms with Crippen LogP contribution in [-0.4, -0.2) is 25.8 Å². The van der Waals surface area contributed by atoms with Crippen LogP contribution in [0.1, 0.15) is 21.7 Å². The molecule has 4 aromatic rings. The van der Waals surface area contributed by atoms with E-state index < -0.39 is 0 Å². The summed E-state index contributed by atoms with van der Waals surface area (Å²) in [5.74, 6) is -0.179. The SMILES string of the molecule is Cc1ccc(-c2cc(C(=O)Nc3ccc(Cn4cncn4)cc3)on2)cc1. The number of hydrogen-bond donors (Lipinski definition) is 1. The van der Waals surface area contributed by atoms with Crippen molar-refractivity contribution >= 4 is 11.6 Å². The number of hydrogen-bond acceptors (Lipinski definition) is 5. The van der Waals surface area contributed by atoms with Gasteiger partial charge in [-0.25, -0.2) is 9.67 Å². The second kappa shape index (κ2) is 7.25. The van der Waals surface area contributed by atoms with E-state index in [2.05, 4.69) is 20.6 Å². The van der Waals surface area contributed by atoms with Crippen LogP contribution in [-0.2, 0) is 6.54 Å². The van der Waals surface area contributed by atoms with Crippen molar-refractivity contribution in [2.45, 2.75) is 13.5 Å². The van der Waals surface area contributed by atoms with E-state index in [9.17, 15) is 4.79 Å². The lowest BCUT2D eigenvalue weighted by molar-refractivity contribution is 0.0988. The number of nitrogens with one attached hydrogen (secondary N) is 1. The van der Waals surface area contributed by atoms with E-state index in [1.807, 2.05) is 55.5 Å². The lowest BCUT2D eigenvalue weighted by atomic mass is 10.1. The number of nitrogens with zero attached hydrogens (tertiary/aromatic N) is 4. The fourth-order valence-corrected chi connectivity index (χ4v) is 2.63. The van der Waals surface area contributed by atoms with Crippen LogP contribution in [0.5, 0.6) is 0 Å². The van der Waals surface area contributed by atoms with Crippen LogP contribution in [0, 0.1) is 6.92 Å². The van der Waals surface area contributed by atoms with Gasteiger partial charge in [0.1, 0.15) is 18.3 Å². The van der Waals surface area contributed by atoms with Gasteiger partial charge < -0.3 is 9.84 Å². The molecule has 0 spiro atoms. The maximum atomic E-state index is 12.4. The van der Waals surface area contributed by atoms with Gasteiger partial charge in [0.25, 0.3) is 5.91 Å². The molecule has 0 aliphatic heterocycles. The maximum Gasteiger partial charge on any atom is 0.294 e. The summed E-state index contributed by atoms with van der Waals surface area (Å²) in [5, 5.41) is 10.9. The molecule has 0 aliphatic carbocycles. The molecular formula is C20H17N5O2. The Labute approximate surface area is 155 Å². The predicted octanol–water partition coefficient (Wildman–Crippen LogP) is 3.54. The highest BCUT2D eigenvalue weighted by Crippen LogP contribution is 2.20. The minimum Gasteiger partial charge on any atom is -0.350 e. The summed E-state index contributed by atoms with van der Waals surface area (Å²) in [5.41, 5.74) is 4.42. The molecule has 0 fully saturated rings. The second-order valence-electron chi connectivity index (χ2n) is 6.19. The molecule has 27 heavy (non-hydrogen) atoms. The predicted molar refractivity (Wildman–Crippen MR) is 100 cm³/mol. The summed E-state index contributed by atoms with van der Waals surface area (Å²) in [6.07, 6.45) is 3.15. The summed E-state index contributed by atoms with van der Waals surface area (Å²) in [4.78, 5) is 16.3. The van der Waals surface area contributed by atoms with Crippen LogP contribution in [0.25, 0.3) is 11.3 Å². The Morgan fingerprint density at radius 2 is 1.89 bits per heavy atom. The fourth-order valence-electron chi connectivity index (χ4n) is 2.63. The summed E-state index contributed by atoms with van der Waals surface area (Å²) >= 11 is 0. The molecule has 4 rings (SSSR count). The molecule has 0 atom stereocenters.